The van der Waals surface area contributed by atoms with Crippen LogP contribution in [0.5, 0.6) is 0 Å². The SMILES string of the molecule is CC(=O)c1c(C)[nH]c(C(=O)C[NH+]2CCCC2)c1C. The highest BCUT2D eigenvalue weighted by molar-refractivity contribution is 6.03. The lowest BCUT2D eigenvalue weighted by molar-refractivity contribution is -0.878. The number of Topliss-reactive ketones (excluding diaryl/α,β-unsaturated/α-hetero) is 2. The van der Waals surface area contributed by atoms with Gasteiger partial charge in [0.2, 0.25) is 5.78 Å². The van der Waals surface area contributed by atoms with Crippen molar-refractivity contribution in [3.63, 3.8) is 0 Å². The molecule has 18 heavy (non-hydrogen) atoms. The number of nitrogens with one attached hydrogen (secondary N) is 2. The third-order valence-corrected chi connectivity index (χ3v) is 3.79. The summed E-state index contributed by atoms with van der Waals surface area (Å²) >= 11 is 0. The molecule has 1 aromatic heterocycles. The van der Waals surface area contributed by atoms with Gasteiger partial charge in [0, 0.05) is 24.1 Å². The van der Waals surface area contributed by atoms with Crippen LogP contribution in [0.25, 0.3) is 0 Å². The molecule has 1 fully saturated rings. The predicted molar refractivity (Wildman–Crippen MR) is 69.4 cm³/mol. The van der Waals surface area contributed by atoms with E-state index in [1.54, 1.807) is 6.92 Å². The van der Waals surface area contributed by atoms with Gasteiger partial charge in [-0.1, -0.05) is 0 Å². The molecule has 4 heteroatoms. The normalized spacial score (nSPS) is 16.2. The number of likely N-dealkylation sites (tertiary alicyclic amines) is 1. The van der Waals surface area contributed by atoms with Crippen molar-refractivity contribution in [1.29, 1.82) is 0 Å². The summed E-state index contributed by atoms with van der Waals surface area (Å²) in [6.45, 7) is 7.96. The zero-order valence-electron chi connectivity index (χ0n) is 11.4. The Bertz CT molecular complexity index is 482. The molecule has 0 aliphatic carbocycles. The molecular formula is C14H21N2O2+. The molecule has 2 N–H and O–H groups in total. The second kappa shape index (κ2) is 5.06. The van der Waals surface area contributed by atoms with E-state index < -0.39 is 0 Å². The summed E-state index contributed by atoms with van der Waals surface area (Å²) in [4.78, 5) is 28.2. The Balaban J connectivity index is 2.20. The van der Waals surface area contributed by atoms with Gasteiger partial charge in [-0.05, 0) is 26.3 Å². The maximum atomic E-state index is 12.2. The van der Waals surface area contributed by atoms with Gasteiger partial charge in [0.25, 0.3) is 0 Å². The summed E-state index contributed by atoms with van der Waals surface area (Å²) in [5, 5.41) is 0. The number of carbonyl (C=O) groups excluding carboxylic acids is 2. The van der Waals surface area contributed by atoms with Gasteiger partial charge >= 0.3 is 0 Å². The van der Waals surface area contributed by atoms with Crippen LogP contribution in [-0.4, -0.2) is 36.2 Å². The zero-order chi connectivity index (χ0) is 13.3. The molecule has 0 unspecified atom stereocenters. The average molecular weight is 249 g/mol. The Morgan fingerprint density at radius 3 is 2.33 bits per heavy atom. The average Bonchev–Trinajstić information content (AvgIpc) is 2.86. The Morgan fingerprint density at radius 1 is 1.22 bits per heavy atom. The molecule has 98 valence electrons. The lowest BCUT2D eigenvalue weighted by Crippen LogP contribution is -3.10. The maximum Gasteiger partial charge on any atom is 0.233 e. The van der Waals surface area contributed by atoms with Crippen molar-refractivity contribution in [3.05, 3.63) is 22.5 Å². The quantitative estimate of drug-likeness (QED) is 0.772. The molecule has 4 nitrogen and oxygen atoms in total. The van der Waals surface area contributed by atoms with Gasteiger partial charge in [-0.15, -0.1) is 0 Å². The van der Waals surface area contributed by atoms with Crippen molar-refractivity contribution < 1.29 is 14.5 Å². The largest absolute Gasteiger partial charge is 0.355 e. The van der Waals surface area contributed by atoms with E-state index in [1.807, 2.05) is 13.8 Å². The van der Waals surface area contributed by atoms with Gasteiger partial charge in [0.05, 0.1) is 18.8 Å². The smallest absolute Gasteiger partial charge is 0.233 e. The number of hydrogen-bond donors (Lipinski definition) is 2. The molecule has 0 aromatic carbocycles. The second-order valence-electron chi connectivity index (χ2n) is 5.24. The topological polar surface area (TPSA) is 54.4 Å². The lowest BCUT2D eigenvalue weighted by Gasteiger charge is -2.10. The molecule has 0 saturated carbocycles. The fourth-order valence-electron chi connectivity index (χ4n) is 2.92. The zero-order valence-corrected chi connectivity index (χ0v) is 11.4. The molecular weight excluding hydrogens is 228 g/mol. The van der Waals surface area contributed by atoms with Crippen molar-refractivity contribution in [2.75, 3.05) is 19.6 Å². The first-order chi connectivity index (χ1) is 8.50. The van der Waals surface area contributed by atoms with Gasteiger partial charge in [-0.3, -0.25) is 9.59 Å². The van der Waals surface area contributed by atoms with E-state index in [-0.39, 0.29) is 11.6 Å². The molecule has 0 atom stereocenters. The summed E-state index contributed by atoms with van der Waals surface area (Å²) in [5.74, 6) is 0.147. The molecule has 1 aliphatic rings. The second-order valence-corrected chi connectivity index (χ2v) is 5.24. The number of quaternary nitrogens is 1. The predicted octanol–water partition coefficient (Wildman–Crippen LogP) is 0.696. The van der Waals surface area contributed by atoms with E-state index in [4.69, 9.17) is 0 Å². The number of ketones is 2. The van der Waals surface area contributed by atoms with Crippen LogP contribution >= 0.6 is 0 Å². The van der Waals surface area contributed by atoms with Crippen LogP contribution in [0.3, 0.4) is 0 Å². The van der Waals surface area contributed by atoms with Crippen LogP contribution < -0.4 is 4.90 Å². The highest BCUT2D eigenvalue weighted by atomic mass is 16.1. The minimum atomic E-state index is 0.0221. The van der Waals surface area contributed by atoms with Crippen molar-refractivity contribution in [1.82, 2.24) is 4.98 Å². The molecule has 0 spiro atoms. The number of aryl methyl sites for hydroxylation is 1. The first-order valence-corrected chi connectivity index (χ1v) is 6.57. The number of aromatic nitrogens is 1. The van der Waals surface area contributed by atoms with Crippen LogP contribution in [0.4, 0.5) is 0 Å². The summed E-state index contributed by atoms with van der Waals surface area (Å²) in [6, 6.07) is 0. The fourth-order valence-corrected chi connectivity index (χ4v) is 2.92. The highest BCUT2D eigenvalue weighted by Crippen LogP contribution is 2.18. The first-order valence-electron chi connectivity index (χ1n) is 6.57. The third kappa shape index (κ3) is 2.38. The number of rotatable bonds is 4. The summed E-state index contributed by atoms with van der Waals surface area (Å²) in [7, 11) is 0. The third-order valence-electron chi connectivity index (χ3n) is 3.79. The molecule has 0 bridgehead atoms. The van der Waals surface area contributed by atoms with Crippen molar-refractivity contribution in [2.24, 2.45) is 0 Å². The first kappa shape index (κ1) is 13.0. The summed E-state index contributed by atoms with van der Waals surface area (Å²) < 4.78 is 0. The molecule has 0 amide bonds. The number of aromatic amines is 1. The fraction of sp³-hybridized carbons (Fsp3) is 0.571. The van der Waals surface area contributed by atoms with E-state index in [9.17, 15) is 9.59 Å². The lowest BCUT2D eigenvalue weighted by atomic mass is 10.1. The monoisotopic (exact) mass is 249 g/mol. The maximum absolute atomic E-state index is 12.2. The van der Waals surface area contributed by atoms with Crippen LogP contribution in [0.15, 0.2) is 0 Å². The standard InChI is InChI=1S/C14H20N2O2/c1-9-13(11(3)17)10(2)15-14(9)12(18)8-16-6-4-5-7-16/h15H,4-8H2,1-3H3/p+1. The molecule has 2 heterocycles. The molecule has 1 saturated heterocycles. The molecule has 1 aliphatic heterocycles. The van der Waals surface area contributed by atoms with E-state index in [2.05, 4.69) is 4.98 Å². The number of hydrogen-bond acceptors (Lipinski definition) is 2. The van der Waals surface area contributed by atoms with Crippen LogP contribution in [0, 0.1) is 13.8 Å². The van der Waals surface area contributed by atoms with Crippen molar-refractivity contribution >= 4 is 11.6 Å². The molecule has 1 aromatic rings. The molecule has 2 rings (SSSR count). The van der Waals surface area contributed by atoms with Gasteiger partial charge in [-0.2, -0.15) is 0 Å². The van der Waals surface area contributed by atoms with Gasteiger partial charge in [-0.25, -0.2) is 0 Å². The van der Waals surface area contributed by atoms with Crippen LogP contribution in [0.1, 0.15) is 51.9 Å². The number of H-pyrrole nitrogens is 1. The summed E-state index contributed by atoms with van der Waals surface area (Å²) in [6.07, 6.45) is 2.42. The van der Waals surface area contributed by atoms with E-state index in [1.165, 1.54) is 17.7 Å². The van der Waals surface area contributed by atoms with Crippen molar-refractivity contribution in [3.8, 4) is 0 Å². The number of carbonyl (C=O) groups is 2. The van der Waals surface area contributed by atoms with E-state index >= 15 is 0 Å². The molecule has 0 radical (unpaired) electrons. The Kier molecular flexibility index (Phi) is 3.66. The van der Waals surface area contributed by atoms with Gasteiger partial charge < -0.3 is 9.88 Å². The summed E-state index contributed by atoms with van der Waals surface area (Å²) in [5.41, 5.74) is 2.91. The van der Waals surface area contributed by atoms with Crippen LogP contribution in [-0.2, 0) is 0 Å². The minimum Gasteiger partial charge on any atom is -0.355 e. The van der Waals surface area contributed by atoms with Gasteiger partial charge in [0.15, 0.2) is 5.78 Å². The Labute approximate surface area is 107 Å². The highest BCUT2D eigenvalue weighted by Gasteiger charge is 2.24. The Morgan fingerprint density at radius 2 is 1.83 bits per heavy atom. The van der Waals surface area contributed by atoms with Crippen molar-refractivity contribution in [2.45, 2.75) is 33.6 Å². The van der Waals surface area contributed by atoms with E-state index in [0.29, 0.717) is 17.8 Å². The van der Waals surface area contributed by atoms with E-state index in [0.717, 1.165) is 24.3 Å². The van der Waals surface area contributed by atoms with Crippen LogP contribution in [0.2, 0.25) is 0 Å². The minimum absolute atomic E-state index is 0.0221. The van der Waals surface area contributed by atoms with Gasteiger partial charge in [0.1, 0.15) is 6.54 Å². The Hall–Kier alpha value is -1.42.